The van der Waals surface area contributed by atoms with E-state index in [4.69, 9.17) is 5.11 Å². The summed E-state index contributed by atoms with van der Waals surface area (Å²) in [6.07, 6.45) is 1.20. The Morgan fingerprint density at radius 2 is 1.89 bits per heavy atom. The van der Waals surface area contributed by atoms with Crippen molar-refractivity contribution in [3.8, 4) is 11.8 Å². The highest BCUT2D eigenvalue weighted by molar-refractivity contribution is 5.41. The van der Waals surface area contributed by atoms with Gasteiger partial charge in [-0.3, -0.25) is 4.90 Å². The van der Waals surface area contributed by atoms with Gasteiger partial charge in [0, 0.05) is 18.2 Å². The molecule has 2 nitrogen and oxygen atoms in total. The number of rotatable bonds is 5. The molecule has 2 heteroatoms. The summed E-state index contributed by atoms with van der Waals surface area (Å²) in [5.74, 6) is 6.46. The Labute approximate surface area is 117 Å². The van der Waals surface area contributed by atoms with Gasteiger partial charge in [-0.25, -0.2) is 0 Å². The van der Waals surface area contributed by atoms with Gasteiger partial charge in [-0.05, 0) is 37.9 Å². The molecule has 1 N–H and O–H groups in total. The molecule has 0 aromatic heterocycles. The molecule has 0 spiro atoms. The molecule has 0 aliphatic rings. The highest BCUT2D eigenvalue weighted by Gasteiger charge is 2.12. The molecule has 104 valence electrons. The normalized spacial score (nSPS) is 12.4. The van der Waals surface area contributed by atoms with Crippen molar-refractivity contribution in [3.05, 3.63) is 35.4 Å². The van der Waals surface area contributed by atoms with Gasteiger partial charge in [0.25, 0.3) is 0 Å². The minimum atomic E-state index is -0.0894. The Bertz CT molecular complexity index is 442. The Morgan fingerprint density at radius 1 is 1.21 bits per heavy atom. The largest absolute Gasteiger partial charge is 0.384 e. The van der Waals surface area contributed by atoms with Crippen molar-refractivity contribution < 1.29 is 5.11 Å². The molecule has 1 aromatic rings. The topological polar surface area (TPSA) is 23.5 Å². The molecule has 0 fully saturated rings. The van der Waals surface area contributed by atoms with Gasteiger partial charge < -0.3 is 5.11 Å². The number of benzene rings is 1. The fourth-order valence-corrected chi connectivity index (χ4v) is 2.20. The zero-order chi connectivity index (χ0) is 14.3. The minimum Gasteiger partial charge on any atom is -0.384 e. The van der Waals surface area contributed by atoms with Crippen LogP contribution in [0.25, 0.3) is 0 Å². The summed E-state index contributed by atoms with van der Waals surface area (Å²) in [6.45, 7) is 7.58. The summed E-state index contributed by atoms with van der Waals surface area (Å²) in [6, 6.07) is 8.71. The Hall–Kier alpha value is -1.30. The molecule has 19 heavy (non-hydrogen) atoms. The zero-order valence-corrected chi connectivity index (χ0v) is 12.5. The minimum absolute atomic E-state index is 0.0894. The lowest BCUT2D eigenvalue weighted by molar-refractivity contribution is 0.220. The van der Waals surface area contributed by atoms with Crippen LogP contribution in [0.2, 0.25) is 0 Å². The molecule has 0 aliphatic heterocycles. The van der Waals surface area contributed by atoms with E-state index in [9.17, 15) is 0 Å². The molecular formula is C17H25NO. The highest BCUT2D eigenvalue weighted by atomic mass is 16.2. The van der Waals surface area contributed by atoms with E-state index in [-0.39, 0.29) is 6.61 Å². The predicted octanol–water partition coefficient (Wildman–Crippen LogP) is 2.90. The number of nitrogens with zero attached hydrogens (tertiary/aromatic N) is 1. The fraction of sp³-hybridized carbons (Fsp3) is 0.529. The molecule has 1 aromatic carbocycles. The standard InChI is InChI=1S/C17H25NO/c1-14(2)12-15(3)18(4)13-17-9-6-5-8-16(17)10-7-11-19/h5-6,8-9,14-15,19H,11-13H2,1-4H3. The van der Waals surface area contributed by atoms with Crippen molar-refractivity contribution in [2.45, 2.75) is 39.8 Å². The van der Waals surface area contributed by atoms with E-state index >= 15 is 0 Å². The van der Waals surface area contributed by atoms with Crippen LogP contribution in [0.15, 0.2) is 24.3 Å². The second-order valence-electron chi connectivity index (χ2n) is 5.51. The van der Waals surface area contributed by atoms with Crippen molar-refractivity contribution >= 4 is 0 Å². The maximum absolute atomic E-state index is 8.80. The zero-order valence-electron chi connectivity index (χ0n) is 12.5. The lowest BCUT2D eigenvalue weighted by Crippen LogP contribution is -2.30. The van der Waals surface area contributed by atoms with Crippen LogP contribution < -0.4 is 0 Å². The highest BCUT2D eigenvalue weighted by Crippen LogP contribution is 2.15. The van der Waals surface area contributed by atoms with Crippen LogP contribution in [-0.2, 0) is 6.54 Å². The van der Waals surface area contributed by atoms with E-state index in [0.29, 0.717) is 12.0 Å². The van der Waals surface area contributed by atoms with Gasteiger partial charge in [0.2, 0.25) is 0 Å². The maximum Gasteiger partial charge on any atom is 0.104 e. The number of aliphatic hydroxyl groups excluding tert-OH is 1. The molecular weight excluding hydrogens is 234 g/mol. The fourth-order valence-electron chi connectivity index (χ4n) is 2.20. The molecule has 0 heterocycles. The van der Waals surface area contributed by atoms with Crippen LogP contribution in [0.4, 0.5) is 0 Å². The first-order valence-corrected chi connectivity index (χ1v) is 6.92. The van der Waals surface area contributed by atoms with Gasteiger partial charge in [-0.1, -0.05) is 43.9 Å². The summed E-state index contributed by atoms with van der Waals surface area (Å²) in [5, 5.41) is 8.80. The van der Waals surface area contributed by atoms with Crippen molar-refractivity contribution in [1.82, 2.24) is 4.90 Å². The molecule has 0 radical (unpaired) electrons. The lowest BCUT2D eigenvalue weighted by Gasteiger charge is -2.26. The number of hydrogen-bond acceptors (Lipinski definition) is 2. The van der Waals surface area contributed by atoms with Crippen LogP contribution in [0.1, 0.15) is 38.3 Å². The van der Waals surface area contributed by atoms with Crippen molar-refractivity contribution in [3.63, 3.8) is 0 Å². The van der Waals surface area contributed by atoms with Crippen LogP contribution in [0, 0.1) is 17.8 Å². The molecule has 1 unspecified atom stereocenters. The first kappa shape index (κ1) is 15.8. The molecule has 0 bridgehead atoms. The third kappa shape index (κ3) is 5.46. The second-order valence-corrected chi connectivity index (χ2v) is 5.51. The summed E-state index contributed by atoms with van der Waals surface area (Å²) in [5.41, 5.74) is 2.24. The second kappa shape index (κ2) is 7.99. The number of hydrogen-bond donors (Lipinski definition) is 1. The Kier molecular flexibility index (Phi) is 6.62. The molecule has 0 aliphatic carbocycles. The predicted molar refractivity (Wildman–Crippen MR) is 80.8 cm³/mol. The number of aliphatic hydroxyl groups is 1. The quantitative estimate of drug-likeness (QED) is 0.822. The molecule has 0 amide bonds. The van der Waals surface area contributed by atoms with Gasteiger partial charge in [-0.2, -0.15) is 0 Å². The molecule has 1 rings (SSSR count). The van der Waals surface area contributed by atoms with Crippen LogP contribution in [0.5, 0.6) is 0 Å². The Morgan fingerprint density at radius 3 is 2.53 bits per heavy atom. The smallest absolute Gasteiger partial charge is 0.104 e. The summed E-state index contributed by atoms with van der Waals surface area (Å²) >= 11 is 0. The summed E-state index contributed by atoms with van der Waals surface area (Å²) < 4.78 is 0. The first-order valence-electron chi connectivity index (χ1n) is 6.92. The van der Waals surface area contributed by atoms with Crippen LogP contribution in [0.3, 0.4) is 0 Å². The summed E-state index contributed by atoms with van der Waals surface area (Å²) in [4.78, 5) is 2.36. The van der Waals surface area contributed by atoms with E-state index in [0.717, 1.165) is 12.1 Å². The Balaban J connectivity index is 2.76. The van der Waals surface area contributed by atoms with Gasteiger partial charge in [0.15, 0.2) is 0 Å². The molecule has 0 saturated heterocycles. The van der Waals surface area contributed by atoms with Gasteiger partial charge in [0.1, 0.15) is 6.61 Å². The first-order chi connectivity index (χ1) is 9.04. The van der Waals surface area contributed by atoms with E-state index in [2.05, 4.69) is 50.6 Å². The van der Waals surface area contributed by atoms with Gasteiger partial charge >= 0.3 is 0 Å². The average molecular weight is 259 g/mol. The van der Waals surface area contributed by atoms with Crippen molar-refractivity contribution in [2.24, 2.45) is 5.92 Å². The van der Waals surface area contributed by atoms with E-state index in [1.807, 2.05) is 18.2 Å². The molecule has 0 saturated carbocycles. The lowest BCUT2D eigenvalue weighted by atomic mass is 10.0. The van der Waals surface area contributed by atoms with E-state index < -0.39 is 0 Å². The maximum atomic E-state index is 8.80. The van der Waals surface area contributed by atoms with Crippen LogP contribution in [-0.4, -0.2) is 29.7 Å². The van der Waals surface area contributed by atoms with Crippen molar-refractivity contribution in [2.75, 3.05) is 13.7 Å². The van der Waals surface area contributed by atoms with Gasteiger partial charge in [0.05, 0.1) is 0 Å². The monoisotopic (exact) mass is 259 g/mol. The van der Waals surface area contributed by atoms with Crippen molar-refractivity contribution in [1.29, 1.82) is 0 Å². The van der Waals surface area contributed by atoms with E-state index in [1.54, 1.807) is 0 Å². The average Bonchev–Trinajstić information content (AvgIpc) is 2.36. The SMILES string of the molecule is CC(C)CC(C)N(C)Cc1ccccc1C#CCO. The molecule has 1 atom stereocenters. The summed E-state index contributed by atoms with van der Waals surface area (Å²) in [7, 11) is 2.16. The third-order valence-electron chi connectivity index (χ3n) is 3.30. The van der Waals surface area contributed by atoms with Gasteiger partial charge in [-0.15, -0.1) is 0 Å². The van der Waals surface area contributed by atoms with Crippen LogP contribution >= 0.6 is 0 Å². The van der Waals surface area contributed by atoms with E-state index in [1.165, 1.54) is 12.0 Å². The third-order valence-corrected chi connectivity index (χ3v) is 3.30.